The summed E-state index contributed by atoms with van der Waals surface area (Å²) in [5.74, 6) is -2.65. The zero-order valence-corrected chi connectivity index (χ0v) is 44.4. The molecule has 2 aromatic carbocycles. The fourth-order valence-electron chi connectivity index (χ4n) is 10.1. The minimum absolute atomic E-state index is 0.0149. The van der Waals surface area contributed by atoms with Crippen molar-refractivity contribution >= 4 is 53.1 Å². The number of nitrogens with zero attached hydrogens (tertiary/aromatic N) is 3. The highest BCUT2D eigenvalue weighted by molar-refractivity contribution is 8.03. The van der Waals surface area contributed by atoms with E-state index >= 15 is 0 Å². The number of Topliss-reactive ketones (excluding diaryl/α,β-unsaturated/α-hetero) is 1. The van der Waals surface area contributed by atoms with Crippen LogP contribution in [0.3, 0.4) is 0 Å². The number of aliphatic carboxylic acids is 1. The number of hydrogen-bond acceptors (Lipinski definition) is 14. The number of carboxylic acid groups (broad SMARTS) is 1. The number of unbranched alkanes of at least 4 members (excludes halogenated alkanes) is 2. The van der Waals surface area contributed by atoms with Crippen molar-refractivity contribution < 1.29 is 62.7 Å². The Bertz CT molecular complexity index is 2370. The van der Waals surface area contributed by atoms with Crippen molar-refractivity contribution in [2.75, 3.05) is 54.1 Å². The van der Waals surface area contributed by atoms with Crippen molar-refractivity contribution in [2.24, 2.45) is 17.3 Å². The second-order valence-electron chi connectivity index (χ2n) is 20.3. The highest BCUT2D eigenvalue weighted by atomic mass is 32.2. The standard InChI is InChI=1S/C54H75N5O13S/c1-9-54(4,5)48(62)51(65)58-26-14-12-18-39(58)53(68)72-40(22-20-34-21-23-41(69-7)42(28-34)70-8)35-16-15-17-36(29-35)71-27-24-55-43(61)19-11-10-13-25-57(6)49(63)38-30-37(31-56-38)73-47-32(2)45-44(33(3)60)50(64)59(45)46(47)52(66)67/h15-17,21,23,28-29,32-33,37-40,44-45,56,60H,9-14,18-20,22,24-27,30-31H2,1-8H3,(H,55,61)(H,66,67)/t32-,33-,37+,38+,39+,40-,44-,45-/m1/s1. The predicted molar refractivity (Wildman–Crippen MR) is 274 cm³/mol. The molecule has 3 fully saturated rings. The van der Waals surface area contributed by atoms with E-state index < -0.39 is 59.3 Å². The molecule has 19 heteroatoms. The van der Waals surface area contributed by atoms with Crippen LogP contribution in [0.5, 0.6) is 17.2 Å². The summed E-state index contributed by atoms with van der Waals surface area (Å²) in [6.45, 7) is 10.5. The number of ether oxygens (including phenoxy) is 4. The molecule has 4 heterocycles. The molecule has 4 aliphatic heterocycles. The number of fused-ring (bicyclic) bond motifs is 1. The van der Waals surface area contributed by atoms with Crippen LogP contribution >= 0.6 is 11.8 Å². The Morgan fingerprint density at radius 1 is 1.01 bits per heavy atom. The number of benzene rings is 2. The number of carbonyl (C=O) groups is 7. The number of ketones is 1. The number of aryl methyl sites for hydroxylation is 1. The zero-order valence-electron chi connectivity index (χ0n) is 43.6. The number of carbonyl (C=O) groups excluding carboxylic acids is 6. The number of aliphatic hydroxyl groups is 1. The molecule has 0 spiro atoms. The van der Waals surface area contributed by atoms with Crippen LogP contribution in [0.15, 0.2) is 53.1 Å². The number of likely N-dealkylation sites (tertiary alicyclic amines) is 1. The largest absolute Gasteiger partial charge is 0.493 e. The van der Waals surface area contributed by atoms with Gasteiger partial charge in [0, 0.05) is 54.6 Å². The van der Waals surface area contributed by atoms with E-state index in [4.69, 9.17) is 18.9 Å². The van der Waals surface area contributed by atoms with Gasteiger partial charge in [-0.2, -0.15) is 0 Å². The van der Waals surface area contributed by atoms with Crippen molar-refractivity contribution in [3.05, 3.63) is 64.2 Å². The van der Waals surface area contributed by atoms with E-state index in [1.165, 1.54) is 21.6 Å². The lowest BCUT2D eigenvalue weighted by Crippen LogP contribution is -2.63. The number of carboxylic acids is 1. The maximum atomic E-state index is 14.1. The average molecular weight is 1030 g/mol. The summed E-state index contributed by atoms with van der Waals surface area (Å²) < 4.78 is 23.3. The minimum atomic E-state index is -1.17. The Kier molecular flexibility index (Phi) is 19.8. The summed E-state index contributed by atoms with van der Waals surface area (Å²) in [6, 6.07) is 11.2. The SMILES string of the molecule is CCC(C)(C)C(=O)C(=O)N1CCCC[C@H]1C(=O)O[C@H](CCc1ccc(OC)c(OC)c1)c1cccc(OCCNC(=O)CCCCCN(C)C(=O)[C@@H]2C[C@H](SC3=C(C(=O)O)N4C(=O)[C@H]([C@@H](C)O)[C@H]4[C@H]3C)CN2)c1. The molecule has 2 aromatic rings. The van der Waals surface area contributed by atoms with Gasteiger partial charge in [-0.25, -0.2) is 9.59 Å². The number of amides is 4. The van der Waals surface area contributed by atoms with Crippen LogP contribution in [0.1, 0.15) is 116 Å². The third-order valence-electron chi connectivity index (χ3n) is 14.8. The van der Waals surface area contributed by atoms with Crippen LogP contribution in [-0.4, -0.2) is 150 Å². The van der Waals surface area contributed by atoms with Crippen LogP contribution in [0.4, 0.5) is 0 Å². The van der Waals surface area contributed by atoms with E-state index in [1.54, 1.807) is 59.1 Å². The average Bonchev–Trinajstić information content (AvgIpc) is 3.95. The quantitative estimate of drug-likeness (QED) is 0.0398. The molecular formula is C54H75N5O13S. The van der Waals surface area contributed by atoms with Crippen molar-refractivity contribution in [3.8, 4) is 17.2 Å². The first kappa shape index (κ1) is 56.6. The van der Waals surface area contributed by atoms with Crippen LogP contribution in [-0.2, 0) is 44.7 Å². The first-order valence-corrected chi connectivity index (χ1v) is 26.6. The Morgan fingerprint density at radius 3 is 2.47 bits per heavy atom. The van der Waals surface area contributed by atoms with Gasteiger partial charge < -0.3 is 54.5 Å². The number of thioether (sulfide) groups is 1. The van der Waals surface area contributed by atoms with E-state index in [0.717, 1.165) is 12.0 Å². The monoisotopic (exact) mass is 1030 g/mol. The molecule has 0 saturated carbocycles. The second kappa shape index (κ2) is 25.5. The summed E-state index contributed by atoms with van der Waals surface area (Å²) >= 11 is 1.41. The smallest absolute Gasteiger partial charge is 0.353 e. The molecule has 0 aromatic heterocycles. The van der Waals surface area contributed by atoms with Crippen LogP contribution in [0.25, 0.3) is 0 Å². The van der Waals surface area contributed by atoms with Crippen molar-refractivity contribution in [3.63, 3.8) is 0 Å². The molecule has 0 radical (unpaired) electrons. The molecule has 0 bridgehead atoms. The molecule has 0 unspecified atom stereocenters. The van der Waals surface area contributed by atoms with Gasteiger partial charge in [-0.15, -0.1) is 11.8 Å². The molecule has 0 aliphatic carbocycles. The van der Waals surface area contributed by atoms with Crippen LogP contribution in [0, 0.1) is 17.3 Å². The summed E-state index contributed by atoms with van der Waals surface area (Å²) in [7, 11) is 4.89. The number of piperidine rings is 1. The lowest BCUT2D eigenvalue weighted by atomic mass is 9.79. The summed E-state index contributed by atoms with van der Waals surface area (Å²) in [5, 5.41) is 26.3. The number of methoxy groups -OCH3 is 2. The molecule has 73 heavy (non-hydrogen) atoms. The normalized spacial score (nSPS) is 22.5. The fraction of sp³-hybridized carbons (Fsp3) is 0.611. The minimum Gasteiger partial charge on any atom is -0.493 e. The number of hydrogen-bond donors (Lipinski definition) is 4. The third kappa shape index (κ3) is 13.6. The van der Waals surface area contributed by atoms with E-state index in [0.29, 0.717) is 112 Å². The van der Waals surface area contributed by atoms with Crippen LogP contribution < -0.4 is 24.8 Å². The Morgan fingerprint density at radius 2 is 1.77 bits per heavy atom. The van der Waals surface area contributed by atoms with Gasteiger partial charge in [-0.05, 0) is 100 Å². The maximum absolute atomic E-state index is 14.1. The molecule has 3 saturated heterocycles. The van der Waals surface area contributed by atoms with Crippen molar-refractivity contribution in [1.29, 1.82) is 0 Å². The number of aliphatic hydroxyl groups excluding tert-OH is 1. The third-order valence-corrected chi connectivity index (χ3v) is 16.3. The van der Waals surface area contributed by atoms with Crippen molar-refractivity contribution in [2.45, 2.75) is 141 Å². The Balaban J connectivity index is 0.945. The van der Waals surface area contributed by atoms with Crippen LogP contribution in [0.2, 0.25) is 0 Å². The zero-order chi connectivity index (χ0) is 53.1. The lowest BCUT2D eigenvalue weighted by molar-refractivity contribution is -0.164. The first-order valence-electron chi connectivity index (χ1n) is 25.7. The number of β-lactam (4-membered cyclic amide) rings is 1. The molecule has 4 aliphatic rings. The van der Waals surface area contributed by atoms with Gasteiger partial charge in [-0.3, -0.25) is 24.0 Å². The van der Waals surface area contributed by atoms with E-state index in [1.807, 2.05) is 44.2 Å². The highest BCUT2D eigenvalue weighted by Gasteiger charge is 2.60. The highest BCUT2D eigenvalue weighted by Crippen LogP contribution is 2.52. The maximum Gasteiger partial charge on any atom is 0.353 e. The molecule has 6 rings (SSSR count). The number of likely N-dealkylation sites (N-methyl/N-ethyl adjacent to an activating group) is 1. The van der Waals surface area contributed by atoms with Gasteiger partial charge in [0.25, 0.3) is 5.91 Å². The number of rotatable bonds is 26. The molecule has 8 atom stereocenters. The Labute approximate surface area is 433 Å². The number of nitrogens with one attached hydrogen (secondary N) is 2. The Hall–Kier alpha value is -5.66. The van der Waals surface area contributed by atoms with Gasteiger partial charge in [0.1, 0.15) is 30.2 Å². The van der Waals surface area contributed by atoms with E-state index in [-0.39, 0.29) is 53.8 Å². The van der Waals surface area contributed by atoms with E-state index in [2.05, 4.69) is 10.6 Å². The predicted octanol–water partition coefficient (Wildman–Crippen LogP) is 5.44. The number of esters is 1. The van der Waals surface area contributed by atoms with Gasteiger partial charge >= 0.3 is 11.9 Å². The van der Waals surface area contributed by atoms with E-state index in [9.17, 15) is 43.8 Å². The first-order chi connectivity index (χ1) is 34.8. The van der Waals surface area contributed by atoms with Gasteiger partial charge in [-0.1, -0.05) is 52.3 Å². The molecule has 18 nitrogen and oxygen atoms in total. The molecule has 4 N–H and O–H groups in total. The van der Waals surface area contributed by atoms with Gasteiger partial charge in [0.2, 0.25) is 23.5 Å². The second-order valence-corrected chi connectivity index (χ2v) is 21.6. The summed E-state index contributed by atoms with van der Waals surface area (Å²) in [4.78, 5) is 97.0. The summed E-state index contributed by atoms with van der Waals surface area (Å²) in [5.41, 5.74) is 0.742. The van der Waals surface area contributed by atoms with Gasteiger partial charge in [0.05, 0.1) is 44.9 Å². The molecule has 400 valence electrons. The summed E-state index contributed by atoms with van der Waals surface area (Å²) in [6.07, 6.45) is 4.47. The topological polar surface area (TPSA) is 231 Å². The molecular weight excluding hydrogens is 959 g/mol. The molecule has 4 amide bonds. The lowest BCUT2D eigenvalue weighted by Gasteiger charge is -2.46. The fourth-order valence-corrected chi connectivity index (χ4v) is 11.6. The van der Waals surface area contributed by atoms with Gasteiger partial charge in [0.15, 0.2) is 11.5 Å². The van der Waals surface area contributed by atoms with Crippen molar-refractivity contribution in [1.82, 2.24) is 25.3 Å².